The van der Waals surface area contributed by atoms with Crippen molar-refractivity contribution in [3.63, 3.8) is 0 Å². The second-order valence-corrected chi connectivity index (χ2v) is 6.71. The molecule has 0 radical (unpaired) electrons. The molecule has 0 aromatic heterocycles. The molecule has 0 fully saturated rings. The fourth-order valence-electron chi connectivity index (χ4n) is 2.30. The summed E-state index contributed by atoms with van der Waals surface area (Å²) >= 11 is 1.32. The lowest BCUT2D eigenvalue weighted by Crippen LogP contribution is -2.40. The Hall–Kier alpha value is -2.06. The van der Waals surface area contributed by atoms with Gasteiger partial charge in [-0.3, -0.25) is 14.4 Å². The van der Waals surface area contributed by atoms with E-state index in [1.165, 1.54) is 18.9 Å². The Bertz CT molecular complexity index is 637. The number of fused-ring (bicyclic) bond motifs is 1. The molecule has 0 spiro atoms. The van der Waals surface area contributed by atoms with Crippen LogP contribution in [0.4, 0.5) is 5.69 Å². The summed E-state index contributed by atoms with van der Waals surface area (Å²) in [6, 6.07) is 7.40. The number of amides is 2. The summed E-state index contributed by atoms with van der Waals surface area (Å²) in [5.74, 6) is -1.17. The maximum Gasteiger partial charge on any atom is 0.308 e. The summed E-state index contributed by atoms with van der Waals surface area (Å²) in [4.78, 5) is 37.2. The largest absolute Gasteiger partial charge is 0.452 e. The van der Waals surface area contributed by atoms with E-state index in [4.69, 9.17) is 9.47 Å². The zero-order valence-electron chi connectivity index (χ0n) is 14.2. The zero-order valence-corrected chi connectivity index (χ0v) is 15.1. The van der Waals surface area contributed by atoms with Crippen LogP contribution in [0.2, 0.25) is 0 Å². The smallest absolute Gasteiger partial charge is 0.308 e. The van der Waals surface area contributed by atoms with E-state index in [0.717, 1.165) is 10.6 Å². The van der Waals surface area contributed by atoms with Gasteiger partial charge in [0, 0.05) is 18.6 Å². The summed E-state index contributed by atoms with van der Waals surface area (Å²) in [5.41, 5.74) is 0.742. The van der Waals surface area contributed by atoms with Gasteiger partial charge in [-0.05, 0) is 18.6 Å². The number of carbonyl (C=O) groups is 3. The van der Waals surface area contributed by atoms with E-state index in [-0.39, 0.29) is 18.2 Å². The molecule has 2 N–H and O–H groups in total. The molecule has 7 nitrogen and oxygen atoms in total. The number of nitrogens with one attached hydrogen (secondary N) is 2. The lowest BCUT2D eigenvalue weighted by Gasteiger charge is -2.24. The van der Waals surface area contributed by atoms with Crippen LogP contribution in [0.15, 0.2) is 29.2 Å². The second-order valence-electron chi connectivity index (χ2n) is 5.47. The number of esters is 1. The van der Waals surface area contributed by atoms with E-state index in [2.05, 4.69) is 10.6 Å². The lowest BCUT2D eigenvalue weighted by atomic mass is 10.2. The van der Waals surface area contributed by atoms with E-state index in [1.54, 1.807) is 6.92 Å². The van der Waals surface area contributed by atoms with Crippen LogP contribution in [0.25, 0.3) is 0 Å². The number of carbonyl (C=O) groups excluding carboxylic acids is 3. The Balaban J connectivity index is 1.88. The van der Waals surface area contributed by atoms with Crippen molar-refractivity contribution in [2.45, 2.75) is 36.0 Å². The van der Waals surface area contributed by atoms with Crippen molar-refractivity contribution in [2.24, 2.45) is 0 Å². The average molecular weight is 366 g/mol. The number of rotatable bonds is 8. The highest BCUT2D eigenvalue weighted by Gasteiger charge is 2.31. The number of thioether (sulfide) groups is 1. The fraction of sp³-hybridized carbons (Fsp3) is 0.471. The third-order valence-electron chi connectivity index (χ3n) is 3.60. The number of methoxy groups -OCH3 is 1. The van der Waals surface area contributed by atoms with Crippen molar-refractivity contribution in [1.29, 1.82) is 0 Å². The Kier molecular flexibility index (Phi) is 7.27. The number of hydrogen-bond donors (Lipinski definition) is 2. The van der Waals surface area contributed by atoms with Crippen molar-refractivity contribution in [2.75, 3.05) is 25.6 Å². The third kappa shape index (κ3) is 5.47. The molecule has 8 heteroatoms. The van der Waals surface area contributed by atoms with Crippen molar-refractivity contribution >= 4 is 35.2 Å². The SMILES string of the molecule is CCC(OC(=O)CC1Sc2ccccc2NC1=O)C(=O)NCCOC. The van der Waals surface area contributed by atoms with Crippen LogP contribution in [0.3, 0.4) is 0 Å². The van der Waals surface area contributed by atoms with Gasteiger partial charge in [0.05, 0.1) is 24.0 Å². The Labute approximate surface area is 150 Å². The molecule has 136 valence electrons. The number of ether oxygens (including phenoxy) is 2. The molecule has 1 aliphatic heterocycles. The Morgan fingerprint density at radius 1 is 1.36 bits per heavy atom. The van der Waals surface area contributed by atoms with Gasteiger partial charge in [-0.1, -0.05) is 19.1 Å². The van der Waals surface area contributed by atoms with Gasteiger partial charge in [-0.25, -0.2) is 0 Å². The Morgan fingerprint density at radius 3 is 2.84 bits per heavy atom. The topological polar surface area (TPSA) is 93.7 Å². The van der Waals surface area contributed by atoms with E-state index < -0.39 is 17.3 Å². The summed E-state index contributed by atoms with van der Waals surface area (Å²) in [5, 5.41) is 4.85. The molecule has 1 aliphatic rings. The molecule has 0 saturated carbocycles. The van der Waals surface area contributed by atoms with Gasteiger partial charge in [0.25, 0.3) is 5.91 Å². The number of para-hydroxylation sites is 1. The normalized spacial score (nSPS) is 17.2. The van der Waals surface area contributed by atoms with Crippen molar-refractivity contribution in [1.82, 2.24) is 5.32 Å². The van der Waals surface area contributed by atoms with E-state index in [1.807, 2.05) is 24.3 Å². The Morgan fingerprint density at radius 2 is 2.12 bits per heavy atom. The van der Waals surface area contributed by atoms with Gasteiger partial charge in [-0.2, -0.15) is 0 Å². The fourth-order valence-corrected chi connectivity index (χ4v) is 3.39. The van der Waals surface area contributed by atoms with Gasteiger partial charge >= 0.3 is 5.97 Å². The predicted molar refractivity (Wildman–Crippen MR) is 94.4 cm³/mol. The van der Waals surface area contributed by atoms with Crippen molar-refractivity contribution in [3.05, 3.63) is 24.3 Å². The van der Waals surface area contributed by atoms with Gasteiger partial charge in [0.15, 0.2) is 6.10 Å². The highest BCUT2D eigenvalue weighted by molar-refractivity contribution is 8.01. The molecule has 1 aromatic rings. The number of anilines is 1. The van der Waals surface area contributed by atoms with Crippen LogP contribution >= 0.6 is 11.8 Å². The lowest BCUT2D eigenvalue weighted by molar-refractivity contribution is -0.156. The molecule has 1 heterocycles. The second kappa shape index (κ2) is 9.43. The van der Waals surface area contributed by atoms with E-state index in [0.29, 0.717) is 19.6 Å². The first-order chi connectivity index (χ1) is 12.0. The number of hydrogen-bond acceptors (Lipinski definition) is 6. The quantitative estimate of drug-likeness (QED) is 0.536. The highest BCUT2D eigenvalue weighted by Crippen LogP contribution is 2.36. The summed E-state index contributed by atoms with van der Waals surface area (Å²) in [6.07, 6.45) is -0.599. The van der Waals surface area contributed by atoms with Gasteiger partial charge in [0.1, 0.15) is 0 Å². The average Bonchev–Trinajstić information content (AvgIpc) is 2.60. The molecule has 1 aromatic carbocycles. The zero-order chi connectivity index (χ0) is 18.2. The van der Waals surface area contributed by atoms with E-state index in [9.17, 15) is 14.4 Å². The minimum absolute atomic E-state index is 0.0906. The maximum atomic E-state index is 12.2. The van der Waals surface area contributed by atoms with Crippen LogP contribution in [0.5, 0.6) is 0 Å². The summed E-state index contributed by atoms with van der Waals surface area (Å²) < 4.78 is 10.1. The first kappa shape index (κ1) is 19.3. The first-order valence-corrected chi connectivity index (χ1v) is 8.95. The molecule has 25 heavy (non-hydrogen) atoms. The molecule has 0 aliphatic carbocycles. The minimum atomic E-state index is -0.867. The van der Waals surface area contributed by atoms with Crippen molar-refractivity contribution in [3.8, 4) is 0 Å². The summed E-state index contributed by atoms with van der Waals surface area (Å²) in [7, 11) is 1.54. The predicted octanol–water partition coefficient (Wildman–Crippen LogP) is 1.57. The number of benzene rings is 1. The standard InChI is InChI=1S/C17H22N2O5S/c1-3-12(16(21)18-8-9-23-2)24-15(20)10-14-17(22)19-11-6-4-5-7-13(11)25-14/h4-7,12,14H,3,8-10H2,1-2H3,(H,18,21)(H,19,22). The van der Waals surface area contributed by atoms with Crippen molar-refractivity contribution < 1.29 is 23.9 Å². The van der Waals surface area contributed by atoms with E-state index >= 15 is 0 Å². The molecule has 2 amide bonds. The van der Waals surface area contributed by atoms with Crippen LogP contribution in [0, 0.1) is 0 Å². The van der Waals surface area contributed by atoms with Gasteiger partial charge in [0.2, 0.25) is 5.91 Å². The molecular formula is C17H22N2O5S. The first-order valence-electron chi connectivity index (χ1n) is 8.07. The van der Waals surface area contributed by atoms with Crippen LogP contribution in [-0.4, -0.2) is 49.4 Å². The minimum Gasteiger partial charge on any atom is -0.452 e. The molecule has 2 atom stereocenters. The molecule has 2 rings (SSSR count). The molecule has 0 bridgehead atoms. The summed E-state index contributed by atoms with van der Waals surface area (Å²) in [6.45, 7) is 2.49. The van der Waals surface area contributed by atoms with Crippen LogP contribution < -0.4 is 10.6 Å². The molecular weight excluding hydrogens is 344 g/mol. The molecule has 0 saturated heterocycles. The third-order valence-corrected chi connectivity index (χ3v) is 4.88. The van der Waals surface area contributed by atoms with Crippen LogP contribution in [-0.2, 0) is 23.9 Å². The maximum absolute atomic E-state index is 12.2. The van der Waals surface area contributed by atoms with Crippen LogP contribution in [0.1, 0.15) is 19.8 Å². The van der Waals surface area contributed by atoms with Gasteiger partial charge in [-0.15, -0.1) is 11.8 Å². The van der Waals surface area contributed by atoms with Gasteiger partial charge < -0.3 is 20.1 Å². The molecule has 2 unspecified atom stereocenters. The monoisotopic (exact) mass is 366 g/mol. The highest BCUT2D eigenvalue weighted by atomic mass is 32.2.